The van der Waals surface area contributed by atoms with Crippen LogP contribution in [-0.2, 0) is 4.79 Å². The number of carbonyl (C=O) groups excluding carboxylic acids is 2. The first-order valence-electron chi connectivity index (χ1n) is 9.89. The Morgan fingerprint density at radius 2 is 1.80 bits per heavy atom. The number of hydrogen-bond donors (Lipinski definition) is 1. The lowest BCUT2D eigenvalue weighted by Gasteiger charge is -2.34. The summed E-state index contributed by atoms with van der Waals surface area (Å²) in [7, 11) is 1.50. The van der Waals surface area contributed by atoms with Crippen molar-refractivity contribution in [1.29, 1.82) is 0 Å². The number of carbonyl (C=O) groups is 2. The molecule has 2 heterocycles. The minimum absolute atomic E-state index is 0.0388. The molecule has 0 radical (unpaired) electrons. The van der Waals surface area contributed by atoms with Gasteiger partial charge < -0.3 is 24.6 Å². The van der Waals surface area contributed by atoms with Crippen LogP contribution in [0.25, 0.3) is 0 Å². The third-order valence-electron chi connectivity index (χ3n) is 4.62. The van der Waals surface area contributed by atoms with E-state index in [1.165, 1.54) is 7.11 Å². The zero-order valence-electron chi connectivity index (χ0n) is 17.5. The molecule has 0 spiro atoms. The van der Waals surface area contributed by atoms with E-state index in [1.807, 2.05) is 13.8 Å². The quantitative estimate of drug-likeness (QED) is 0.732. The molecule has 30 heavy (non-hydrogen) atoms. The molecule has 1 aromatic heterocycles. The Bertz CT molecular complexity index is 867. The van der Waals surface area contributed by atoms with Crippen molar-refractivity contribution in [3.63, 3.8) is 0 Å². The van der Waals surface area contributed by atoms with Crippen molar-refractivity contribution in [3.05, 3.63) is 42.2 Å². The minimum Gasteiger partial charge on any atom is -0.493 e. The van der Waals surface area contributed by atoms with E-state index in [2.05, 4.69) is 20.2 Å². The van der Waals surface area contributed by atoms with Gasteiger partial charge in [0.2, 0.25) is 5.95 Å². The lowest BCUT2D eigenvalue weighted by atomic mass is 10.1. The predicted molar refractivity (Wildman–Crippen MR) is 112 cm³/mol. The minimum atomic E-state index is -0.215. The van der Waals surface area contributed by atoms with Gasteiger partial charge in [-0.15, -0.1) is 0 Å². The number of rotatable bonds is 7. The Morgan fingerprint density at radius 1 is 1.10 bits per heavy atom. The van der Waals surface area contributed by atoms with E-state index < -0.39 is 0 Å². The third kappa shape index (κ3) is 5.37. The van der Waals surface area contributed by atoms with Gasteiger partial charge in [-0.3, -0.25) is 9.59 Å². The van der Waals surface area contributed by atoms with Crippen molar-refractivity contribution in [2.45, 2.75) is 19.9 Å². The van der Waals surface area contributed by atoms with Gasteiger partial charge in [-0.2, -0.15) is 0 Å². The molecule has 1 saturated heterocycles. The molecule has 1 aliphatic rings. The average molecular weight is 413 g/mol. The van der Waals surface area contributed by atoms with Gasteiger partial charge in [0.05, 0.1) is 7.11 Å². The summed E-state index contributed by atoms with van der Waals surface area (Å²) in [4.78, 5) is 37.1. The van der Waals surface area contributed by atoms with Crippen LogP contribution in [0.1, 0.15) is 24.2 Å². The second kappa shape index (κ2) is 9.91. The molecule has 1 N–H and O–H groups in total. The summed E-state index contributed by atoms with van der Waals surface area (Å²) in [6.07, 6.45) is 3.42. The number of ether oxygens (including phenoxy) is 2. The molecule has 160 valence electrons. The molecule has 0 bridgehead atoms. The third-order valence-corrected chi connectivity index (χ3v) is 4.62. The van der Waals surface area contributed by atoms with Crippen LogP contribution in [-0.4, -0.2) is 72.6 Å². The number of piperazine rings is 1. The molecule has 9 heteroatoms. The van der Waals surface area contributed by atoms with E-state index in [0.717, 1.165) is 0 Å². The number of nitrogens with one attached hydrogen (secondary N) is 1. The summed E-state index contributed by atoms with van der Waals surface area (Å²) in [5.41, 5.74) is 0.509. The zero-order chi connectivity index (χ0) is 21.5. The summed E-state index contributed by atoms with van der Waals surface area (Å²) in [6.45, 7) is 6.13. The zero-order valence-corrected chi connectivity index (χ0v) is 17.5. The smallest absolute Gasteiger partial charge is 0.258 e. The fourth-order valence-electron chi connectivity index (χ4n) is 3.17. The molecule has 0 aliphatic carbocycles. The summed E-state index contributed by atoms with van der Waals surface area (Å²) >= 11 is 0. The molecule has 1 aromatic carbocycles. The topological polar surface area (TPSA) is 96.9 Å². The van der Waals surface area contributed by atoms with Gasteiger partial charge in [0.1, 0.15) is 0 Å². The molecule has 9 nitrogen and oxygen atoms in total. The molecule has 1 fully saturated rings. The van der Waals surface area contributed by atoms with E-state index in [1.54, 1.807) is 41.6 Å². The highest BCUT2D eigenvalue weighted by atomic mass is 16.5. The van der Waals surface area contributed by atoms with Crippen molar-refractivity contribution in [2.24, 2.45) is 0 Å². The Hall–Kier alpha value is -3.36. The predicted octanol–water partition coefficient (Wildman–Crippen LogP) is 1.35. The van der Waals surface area contributed by atoms with Crippen molar-refractivity contribution >= 4 is 17.8 Å². The maximum Gasteiger partial charge on any atom is 0.258 e. The van der Waals surface area contributed by atoms with Crippen LogP contribution in [0.5, 0.6) is 11.5 Å². The molecule has 0 unspecified atom stereocenters. The average Bonchev–Trinajstić information content (AvgIpc) is 2.77. The van der Waals surface area contributed by atoms with Gasteiger partial charge in [0.25, 0.3) is 11.8 Å². The van der Waals surface area contributed by atoms with Crippen LogP contribution < -0.4 is 19.7 Å². The van der Waals surface area contributed by atoms with E-state index in [4.69, 9.17) is 9.47 Å². The number of benzene rings is 1. The molecular weight excluding hydrogens is 386 g/mol. The van der Waals surface area contributed by atoms with Gasteiger partial charge in [0, 0.05) is 50.2 Å². The van der Waals surface area contributed by atoms with E-state index in [0.29, 0.717) is 49.2 Å². The first-order valence-corrected chi connectivity index (χ1v) is 9.89. The number of hydrogen-bond acceptors (Lipinski definition) is 7. The Labute approximate surface area is 176 Å². The Morgan fingerprint density at radius 3 is 2.43 bits per heavy atom. The monoisotopic (exact) mass is 413 g/mol. The highest BCUT2D eigenvalue weighted by Crippen LogP contribution is 2.28. The van der Waals surface area contributed by atoms with Crippen LogP contribution in [0.2, 0.25) is 0 Å². The fraction of sp³-hybridized carbons (Fsp3) is 0.429. The number of anilines is 1. The van der Waals surface area contributed by atoms with Crippen molar-refractivity contribution in [1.82, 2.24) is 20.2 Å². The van der Waals surface area contributed by atoms with Gasteiger partial charge in [-0.1, -0.05) is 0 Å². The Kier molecular flexibility index (Phi) is 7.05. The first kappa shape index (κ1) is 21.4. The van der Waals surface area contributed by atoms with Gasteiger partial charge in [0.15, 0.2) is 18.1 Å². The van der Waals surface area contributed by atoms with Crippen LogP contribution in [0.3, 0.4) is 0 Å². The second-order valence-electron chi connectivity index (χ2n) is 7.20. The van der Waals surface area contributed by atoms with Crippen LogP contribution >= 0.6 is 0 Å². The molecule has 0 atom stereocenters. The van der Waals surface area contributed by atoms with Crippen molar-refractivity contribution in [3.8, 4) is 11.5 Å². The highest BCUT2D eigenvalue weighted by Gasteiger charge is 2.24. The Balaban J connectivity index is 1.60. The lowest BCUT2D eigenvalue weighted by Crippen LogP contribution is -2.49. The van der Waals surface area contributed by atoms with Gasteiger partial charge in [-0.25, -0.2) is 9.97 Å². The molecule has 2 amide bonds. The largest absolute Gasteiger partial charge is 0.493 e. The van der Waals surface area contributed by atoms with Crippen molar-refractivity contribution < 1.29 is 19.1 Å². The summed E-state index contributed by atoms with van der Waals surface area (Å²) < 4.78 is 10.9. The number of methoxy groups -OCH3 is 1. The molecule has 3 rings (SSSR count). The standard InChI is InChI=1S/C21H27N5O4/c1-15(2)24-19(27)14-30-17-6-5-16(13-18(17)29-3)20(28)25-9-11-26(12-10-25)21-22-7-4-8-23-21/h4-8,13,15H,9-12,14H2,1-3H3,(H,24,27). The normalized spacial score (nSPS) is 13.9. The maximum absolute atomic E-state index is 12.9. The SMILES string of the molecule is COc1cc(C(=O)N2CCN(c3ncccn3)CC2)ccc1OCC(=O)NC(C)C. The van der Waals surface area contributed by atoms with Crippen LogP contribution in [0, 0.1) is 0 Å². The maximum atomic E-state index is 12.9. The summed E-state index contributed by atoms with van der Waals surface area (Å²) in [5.74, 6) is 1.21. The summed E-state index contributed by atoms with van der Waals surface area (Å²) in [6, 6.07) is 6.80. The lowest BCUT2D eigenvalue weighted by molar-refractivity contribution is -0.123. The van der Waals surface area contributed by atoms with Gasteiger partial charge >= 0.3 is 0 Å². The molecule has 1 aliphatic heterocycles. The summed E-state index contributed by atoms with van der Waals surface area (Å²) in [5, 5.41) is 2.76. The molecule has 2 aromatic rings. The number of amides is 2. The second-order valence-corrected chi connectivity index (χ2v) is 7.20. The van der Waals surface area contributed by atoms with Crippen LogP contribution in [0.15, 0.2) is 36.7 Å². The van der Waals surface area contributed by atoms with E-state index >= 15 is 0 Å². The molecule has 0 saturated carbocycles. The molecular formula is C21H27N5O4. The van der Waals surface area contributed by atoms with Gasteiger partial charge in [-0.05, 0) is 38.1 Å². The number of nitrogens with zero attached hydrogens (tertiary/aromatic N) is 4. The number of aromatic nitrogens is 2. The van der Waals surface area contributed by atoms with Crippen LogP contribution in [0.4, 0.5) is 5.95 Å². The fourth-order valence-corrected chi connectivity index (χ4v) is 3.17. The first-order chi connectivity index (χ1) is 14.5. The van der Waals surface area contributed by atoms with Crippen molar-refractivity contribution in [2.75, 3.05) is 44.8 Å². The van der Waals surface area contributed by atoms with E-state index in [-0.39, 0.29) is 24.5 Å². The highest BCUT2D eigenvalue weighted by molar-refractivity contribution is 5.95. The van der Waals surface area contributed by atoms with E-state index in [9.17, 15) is 9.59 Å².